The van der Waals surface area contributed by atoms with Gasteiger partial charge in [0.1, 0.15) is 28.9 Å². The van der Waals surface area contributed by atoms with Crippen LogP contribution in [0.25, 0.3) is 10.8 Å². The molecule has 1 saturated heterocycles. The Morgan fingerprint density at radius 1 is 1.24 bits per heavy atom. The minimum Gasteiger partial charge on any atom is -0.462 e. The van der Waals surface area contributed by atoms with Crippen molar-refractivity contribution in [1.29, 1.82) is 0 Å². The monoisotopic (exact) mass is 673 g/mol. The van der Waals surface area contributed by atoms with E-state index in [-0.39, 0.29) is 10.2 Å². The lowest BCUT2D eigenvalue weighted by molar-refractivity contribution is -0.149. The van der Waals surface area contributed by atoms with Gasteiger partial charge in [-0.25, -0.2) is 9.36 Å². The second-order valence-electron chi connectivity index (χ2n) is 9.96. The van der Waals surface area contributed by atoms with Crippen LogP contribution in [-0.2, 0) is 23.4 Å². The maximum atomic E-state index is 14.1. The van der Waals surface area contributed by atoms with E-state index in [9.17, 15) is 24.1 Å². The first-order chi connectivity index (χ1) is 19.2. The van der Waals surface area contributed by atoms with E-state index in [4.69, 9.17) is 30.1 Å². The normalized spacial score (nSPS) is 24.7. The highest BCUT2D eigenvalue weighted by Gasteiger charge is 2.54. The minimum atomic E-state index is -4.34. The average Bonchev–Trinajstić information content (AvgIpc) is 3.13. The summed E-state index contributed by atoms with van der Waals surface area (Å²) in [6, 6.07) is 11.3. The third kappa shape index (κ3) is 6.94. The van der Waals surface area contributed by atoms with Crippen LogP contribution in [0.3, 0.4) is 0 Å². The van der Waals surface area contributed by atoms with Gasteiger partial charge in [-0.1, -0.05) is 36.4 Å². The molecule has 222 valence electrons. The number of hydrogen-bond donors (Lipinski definition) is 3. The number of aliphatic hydroxyl groups excluding tert-OH is 1. The molecular formula is C26H30BrClN3O9P. The molecule has 1 aliphatic heterocycles. The largest absolute Gasteiger partial charge is 0.462 e. The Morgan fingerprint density at radius 3 is 2.63 bits per heavy atom. The summed E-state index contributed by atoms with van der Waals surface area (Å²) < 4.78 is 37.9. The molecule has 0 saturated carbocycles. The molecule has 6 atom stereocenters. The van der Waals surface area contributed by atoms with Crippen molar-refractivity contribution in [2.24, 2.45) is 0 Å². The fourth-order valence-corrected chi connectivity index (χ4v) is 6.41. The molecule has 0 bridgehead atoms. The smallest absolute Gasteiger partial charge is 0.459 e. The van der Waals surface area contributed by atoms with E-state index >= 15 is 0 Å². The SMILES string of the molecule is CC(C)OC(=O)[C@@H](C)NP(=O)(OC[C@H]1OC(n2cc(Br)c(=O)[nH]c2=O)[C@](C)(Cl)[C@@H]1O)Oc1cccc2ccccc12. The molecular weight excluding hydrogens is 645 g/mol. The maximum Gasteiger partial charge on any atom is 0.459 e. The highest BCUT2D eigenvalue weighted by Crippen LogP contribution is 2.49. The summed E-state index contributed by atoms with van der Waals surface area (Å²) in [5.74, 6) is -0.458. The lowest BCUT2D eigenvalue weighted by Gasteiger charge is -2.27. The second kappa shape index (κ2) is 12.4. The first-order valence-corrected chi connectivity index (χ1v) is 15.4. The van der Waals surface area contributed by atoms with E-state index in [1.807, 2.05) is 18.2 Å². The standard InChI is InChI=1S/C26H30BrClN3O9P/c1-14(2)38-23(34)15(3)30-41(36,40-19-11-7-9-16-8-5-6-10-17(16)19)37-13-20-21(32)26(4,28)24(39-20)31-12-18(27)22(33)29-25(31)35/h5-12,14-15,20-21,24,32H,13H2,1-4H3,(H,30,36)(H,29,33,35)/t15-,20-,21-,24?,26-,41?/m1/s1. The lowest BCUT2D eigenvalue weighted by Crippen LogP contribution is -2.43. The van der Waals surface area contributed by atoms with E-state index in [2.05, 4.69) is 26.0 Å². The number of hydrogen-bond acceptors (Lipinski definition) is 9. The van der Waals surface area contributed by atoms with Gasteiger partial charge in [0.25, 0.3) is 5.56 Å². The Balaban J connectivity index is 1.61. The zero-order valence-electron chi connectivity index (χ0n) is 22.6. The molecule has 1 aliphatic rings. The first kappa shape index (κ1) is 31.4. The molecule has 2 unspecified atom stereocenters. The summed E-state index contributed by atoms with van der Waals surface area (Å²) in [5.41, 5.74) is -1.46. The molecule has 0 aliphatic carbocycles. The van der Waals surface area contributed by atoms with E-state index in [1.54, 1.807) is 38.1 Å². The zero-order chi connectivity index (χ0) is 30.1. The fourth-order valence-electron chi connectivity index (χ4n) is 4.28. The summed E-state index contributed by atoms with van der Waals surface area (Å²) in [5, 5.41) is 15.1. The number of halogens is 2. The Morgan fingerprint density at radius 2 is 1.93 bits per heavy atom. The van der Waals surface area contributed by atoms with Gasteiger partial charge in [-0.05, 0) is 55.1 Å². The van der Waals surface area contributed by atoms with Gasteiger partial charge in [-0.3, -0.25) is 23.7 Å². The van der Waals surface area contributed by atoms with Crippen molar-refractivity contribution in [3.63, 3.8) is 0 Å². The topological polar surface area (TPSA) is 158 Å². The molecule has 0 spiro atoms. The third-order valence-electron chi connectivity index (χ3n) is 6.33. The molecule has 4 rings (SSSR count). The number of carbonyl (C=O) groups excluding carboxylic acids is 1. The summed E-state index contributed by atoms with van der Waals surface area (Å²) in [4.78, 5) is 37.4. The number of esters is 1. The van der Waals surface area contributed by atoms with Crippen molar-refractivity contribution in [2.45, 2.75) is 63.2 Å². The predicted octanol–water partition coefficient (Wildman–Crippen LogP) is 3.84. The quantitative estimate of drug-likeness (QED) is 0.164. The molecule has 41 heavy (non-hydrogen) atoms. The van der Waals surface area contributed by atoms with Crippen LogP contribution in [0.2, 0.25) is 0 Å². The number of aromatic nitrogens is 2. The first-order valence-electron chi connectivity index (χ1n) is 12.7. The molecule has 1 fully saturated rings. The second-order valence-corrected chi connectivity index (χ2v) is 13.3. The number of alkyl halides is 1. The maximum absolute atomic E-state index is 14.1. The van der Waals surface area contributed by atoms with Crippen molar-refractivity contribution < 1.29 is 33.0 Å². The van der Waals surface area contributed by atoms with Crippen molar-refractivity contribution in [2.75, 3.05) is 6.61 Å². The number of fused-ring (bicyclic) bond motifs is 1. The van der Waals surface area contributed by atoms with Crippen molar-refractivity contribution >= 4 is 52.0 Å². The third-order valence-corrected chi connectivity index (χ3v) is 8.93. The van der Waals surface area contributed by atoms with Crippen LogP contribution in [-0.4, -0.2) is 56.5 Å². The van der Waals surface area contributed by atoms with Gasteiger partial charge in [-0.15, -0.1) is 11.6 Å². The summed E-state index contributed by atoms with van der Waals surface area (Å²) in [6.45, 7) is 5.74. The molecule has 3 aromatic rings. The van der Waals surface area contributed by atoms with Crippen LogP contribution in [0, 0.1) is 0 Å². The summed E-state index contributed by atoms with van der Waals surface area (Å²) in [7, 11) is -4.34. The number of nitrogens with zero attached hydrogens (tertiary/aromatic N) is 1. The van der Waals surface area contributed by atoms with Gasteiger partial charge in [0.15, 0.2) is 6.23 Å². The number of H-pyrrole nitrogens is 1. The van der Waals surface area contributed by atoms with Crippen LogP contribution in [0.4, 0.5) is 0 Å². The van der Waals surface area contributed by atoms with Crippen molar-refractivity contribution in [1.82, 2.24) is 14.6 Å². The molecule has 15 heteroatoms. The molecule has 12 nitrogen and oxygen atoms in total. The number of benzene rings is 2. The summed E-state index contributed by atoms with van der Waals surface area (Å²) >= 11 is 9.68. The molecule has 2 aromatic carbocycles. The van der Waals surface area contributed by atoms with E-state index < -0.39 is 67.0 Å². The van der Waals surface area contributed by atoms with Crippen molar-refractivity contribution in [3.8, 4) is 5.75 Å². The molecule has 3 N–H and O–H groups in total. The van der Waals surface area contributed by atoms with Crippen LogP contribution >= 0.6 is 35.3 Å². The van der Waals surface area contributed by atoms with Crippen LogP contribution < -0.4 is 20.9 Å². The summed E-state index contributed by atoms with van der Waals surface area (Å²) in [6.07, 6.45) is -3.06. The fraction of sp³-hybridized carbons (Fsp3) is 0.423. The molecule has 1 aromatic heterocycles. The highest BCUT2D eigenvalue weighted by molar-refractivity contribution is 9.10. The number of rotatable bonds is 10. The van der Waals surface area contributed by atoms with E-state index in [1.165, 1.54) is 20.0 Å². The van der Waals surface area contributed by atoms with Gasteiger partial charge >= 0.3 is 19.4 Å². The van der Waals surface area contributed by atoms with Gasteiger partial charge in [0.05, 0.1) is 17.2 Å². The average molecular weight is 675 g/mol. The van der Waals surface area contributed by atoms with Crippen LogP contribution in [0.1, 0.15) is 33.9 Å². The Hall–Kier alpha value is -2.51. The number of aliphatic hydroxyl groups is 1. The van der Waals surface area contributed by atoms with Gasteiger partial charge < -0.3 is 19.1 Å². The van der Waals surface area contributed by atoms with Gasteiger partial charge in [-0.2, -0.15) is 5.09 Å². The number of nitrogens with one attached hydrogen (secondary N) is 2. The van der Waals surface area contributed by atoms with Crippen LogP contribution in [0.15, 0.2) is 62.7 Å². The molecule has 0 amide bonds. The number of ether oxygens (including phenoxy) is 2. The number of carbonyl (C=O) groups is 1. The van der Waals surface area contributed by atoms with Crippen molar-refractivity contribution in [3.05, 3.63) is 74.0 Å². The predicted molar refractivity (Wildman–Crippen MR) is 155 cm³/mol. The van der Waals surface area contributed by atoms with E-state index in [0.29, 0.717) is 5.39 Å². The Bertz CT molecular complexity index is 1590. The number of aromatic amines is 1. The molecule has 2 heterocycles. The zero-order valence-corrected chi connectivity index (χ0v) is 25.8. The van der Waals surface area contributed by atoms with Gasteiger partial charge in [0.2, 0.25) is 0 Å². The minimum absolute atomic E-state index is 0.0433. The Kier molecular flexibility index (Phi) is 9.49. The van der Waals surface area contributed by atoms with Crippen LogP contribution in [0.5, 0.6) is 5.75 Å². The lowest BCUT2D eigenvalue weighted by atomic mass is 10.0. The Labute approximate surface area is 248 Å². The van der Waals surface area contributed by atoms with Gasteiger partial charge in [0, 0.05) is 11.6 Å². The van der Waals surface area contributed by atoms with E-state index in [0.717, 1.165) is 9.95 Å². The highest BCUT2D eigenvalue weighted by atomic mass is 79.9. The molecule has 0 radical (unpaired) electrons.